The third-order valence-electron chi connectivity index (χ3n) is 5.98. The van der Waals surface area contributed by atoms with Gasteiger partial charge in [0, 0.05) is 50.8 Å². The molecule has 4 rings (SSSR count). The lowest BCUT2D eigenvalue weighted by atomic mass is 9.95. The van der Waals surface area contributed by atoms with Gasteiger partial charge in [-0.2, -0.15) is 0 Å². The molecule has 0 radical (unpaired) electrons. The van der Waals surface area contributed by atoms with E-state index in [1.54, 1.807) is 41.7 Å². The molecule has 8 heteroatoms. The number of hydrogen-bond donors (Lipinski definition) is 1. The van der Waals surface area contributed by atoms with Crippen molar-refractivity contribution in [1.82, 2.24) is 14.5 Å². The Hall–Kier alpha value is -4.07. The first-order valence-corrected chi connectivity index (χ1v) is 11.1. The van der Waals surface area contributed by atoms with Crippen molar-refractivity contribution in [3.63, 3.8) is 0 Å². The number of benzene rings is 2. The topological polar surface area (TPSA) is 87.9 Å². The molecule has 3 aromatic rings. The molecule has 2 heterocycles. The molecule has 1 aromatic heterocycles. The Morgan fingerprint density at radius 1 is 1.12 bits per heavy atom. The number of anilines is 1. The highest BCUT2D eigenvalue weighted by molar-refractivity contribution is 6.46. The van der Waals surface area contributed by atoms with Crippen LogP contribution in [0.3, 0.4) is 0 Å². The Bertz CT molecular complexity index is 1200. The number of aliphatic hydroxyl groups is 1. The Morgan fingerprint density at radius 2 is 1.88 bits per heavy atom. The number of aromatic nitrogens is 2. The fourth-order valence-electron chi connectivity index (χ4n) is 4.18. The van der Waals surface area contributed by atoms with Gasteiger partial charge < -0.3 is 24.2 Å². The lowest BCUT2D eigenvalue weighted by Crippen LogP contribution is -2.31. The summed E-state index contributed by atoms with van der Waals surface area (Å²) in [4.78, 5) is 33.8. The minimum atomic E-state index is -0.690. The minimum absolute atomic E-state index is 0.0819. The van der Waals surface area contributed by atoms with Crippen LogP contribution in [0.5, 0.6) is 5.75 Å². The van der Waals surface area contributed by atoms with Gasteiger partial charge in [-0.1, -0.05) is 24.3 Å². The van der Waals surface area contributed by atoms with E-state index in [4.69, 9.17) is 4.74 Å². The third-order valence-corrected chi connectivity index (χ3v) is 5.98. The van der Waals surface area contributed by atoms with Gasteiger partial charge in [-0.3, -0.25) is 9.59 Å². The van der Waals surface area contributed by atoms with Crippen LogP contribution in [0.25, 0.3) is 5.76 Å². The van der Waals surface area contributed by atoms with Gasteiger partial charge >= 0.3 is 0 Å². The second kappa shape index (κ2) is 9.82. The van der Waals surface area contributed by atoms with Crippen molar-refractivity contribution in [2.45, 2.75) is 19.0 Å². The van der Waals surface area contributed by atoms with Crippen molar-refractivity contribution >= 4 is 23.1 Å². The highest BCUT2D eigenvalue weighted by atomic mass is 16.5. The van der Waals surface area contributed by atoms with E-state index in [1.807, 2.05) is 54.0 Å². The molecule has 8 nitrogen and oxygen atoms in total. The number of ether oxygens (including phenoxy) is 1. The van der Waals surface area contributed by atoms with Crippen LogP contribution in [0.15, 0.2) is 72.8 Å². The number of likely N-dealkylation sites (tertiary alicyclic amines) is 1. The molecule has 1 aliphatic rings. The van der Waals surface area contributed by atoms with Crippen molar-refractivity contribution < 1.29 is 19.4 Å². The van der Waals surface area contributed by atoms with Gasteiger partial charge in [-0.05, 0) is 36.2 Å². The summed E-state index contributed by atoms with van der Waals surface area (Å²) in [6.45, 7) is 1.02. The van der Waals surface area contributed by atoms with E-state index >= 15 is 0 Å². The molecule has 0 spiro atoms. The molecule has 2 aromatic carbocycles. The Balaban J connectivity index is 1.74. The lowest BCUT2D eigenvalue weighted by Gasteiger charge is -2.26. The molecule has 1 atom stereocenters. The molecule has 1 saturated heterocycles. The number of nitrogens with zero attached hydrogens (tertiary/aromatic N) is 4. The summed E-state index contributed by atoms with van der Waals surface area (Å²) < 4.78 is 7.19. The van der Waals surface area contributed by atoms with E-state index in [0.29, 0.717) is 30.8 Å². The fraction of sp³-hybridized carbons (Fsp3) is 0.269. The maximum atomic E-state index is 13.2. The first-order chi connectivity index (χ1) is 16.4. The summed E-state index contributed by atoms with van der Waals surface area (Å²) in [5.41, 5.74) is 2.26. The molecule has 1 unspecified atom stereocenters. The number of aryl methyl sites for hydroxylation is 1. The highest BCUT2D eigenvalue weighted by Crippen LogP contribution is 2.40. The van der Waals surface area contributed by atoms with Crippen LogP contribution in [0, 0.1) is 0 Å². The zero-order valence-corrected chi connectivity index (χ0v) is 19.5. The molecule has 1 amide bonds. The molecule has 1 N–H and O–H groups in total. The standard InChI is InChI=1S/C26H28N4O4/c1-28(2)20-10-8-18(9-11-20)23-22(24(31)19-6-4-7-21(16-19)34-3)25(32)26(33)30(23)14-5-13-29-15-12-27-17-29/h4,6-12,15-17,23,31H,5,13-14H2,1-3H3. The van der Waals surface area contributed by atoms with E-state index in [2.05, 4.69) is 4.98 Å². The summed E-state index contributed by atoms with van der Waals surface area (Å²) in [5.74, 6) is -0.969. The van der Waals surface area contributed by atoms with Crippen LogP contribution in [0.1, 0.15) is 23.6 Å². The first kappa shape index (κ1) is 23.1. The van der Waals surface area contributed by atoms with Crippen molar-refractivity contribution in [3.05, 3.63) is 84.0 Å². The van der Waals surface area contributed by atoms with Crippen molar-refractivity contribution in [3.8, 4) is 5.75 Å². The number of Topliss-reactive ketones (excluding diaryl/α,β-unsaturated/α-hetero) is 1. The van der Waals surface area contributed by atoms with Gasteiger partial charge in [0.2, 0.25) is 0 Å². The number of rotatable bonds is 8. The molecule has 0 aliphatic carbocycles. The molecule has 176 valence electrons. The van der Waals surface area contributed by atoms with Gasteiger partial charge in [0.05, 0.1) is 25.1 Å². The lowest BCUT2D eigenvalue weighted by molar-refractivity contribution is -0.139. The van der Waals surface area contributed by atoms with E-state index < -0.39 is 17.7 Å². The monoisotopic (exact) mass is 460 g/mol. The number of methoxy groups -OCH3 is 1. The average molecular weight is 461 g/mol. The SMILES string of the molecule is COc1cccc(C(O)=C2C(=O)C(=O)N(CCCn3ccnc3)C2c2ccc(N(C)C)cc2)c1. The van der Waals surface area contributed by atoms with Crippen molar-refractivity contribution in [2.24, 2.45) is 0 Å². The van der Waals surface area contributed by atoms with Crippen LogP contribution in [-0.2, 0) is 16.1 Å². The van der Waals surface area contributed by atoms with E-state index in [1.165, 1.54) is 7.11 Å². The van der Waals surface area contributed by atoms with E-state index in [9.17, 15) is 14.7 Å². The highest BCUT2D eigenvalue weighted by Gasteiger charge is 2.45. The van der Waals surface area contributed by atoms with Crippen LogP contribution < -0.4 is 9.64 Å². The Labute approximate surface area is 198 Å². The molecule has 1 aliphatic heterocycles. The van der Waals surface area contributed by atoms with Crippen LogP contribution in [0.2, 0.25) is 0 Å². The summed E-state index contributed by atoms with van der Waals surface area (Å²) >= 11 is 0. The van der Waals surface area contributed by atoms with Gasteiger partial charge in [0.15, 0.2) is 0 Å². The van der Waals surface area contributed by atoms with Gasteiger partial charge in [-0.15, -0.1) is 0 Å². The minimum Gasteiger partial charge on any atom is -0.507 e. The number of carbonyl (C=O) groups excluding carboxylic acids is 2. The smallest absolute Gasteiger partial charge is 0.295 e. The zero-order valence-electron chi connectivity index (χ0n) is 19.5. The molecule has 0 bridgehead atoms. The summed E-state index contributed by atoms with van der Waals surface area (Å²) in [6.07, 6.45) is 5.91. The normalized spacial score (nSPS) is 17.3. The Kier molecular flexibility index (Phi) is 6.67. The quantitative estimate of drug-likeness (QED) is 0.315. The summed E-state index contributed by atoms with van der Waals surface area (Å²) in [6, 6.07) is 13.8. The first-order valence-electron chi connectivity index (χ1n) is 11.1. The maximum absolute atomic E-state index is 13.2. The second-order valence-corrected chi connectivity index (χ2v) is 8.36. The average Bonchev–Trinajstić information content (AvgIpc) is 3.46. The van der Waals surface area contributed by atoms with E-state index in [0.717, 1.165) is 11.3 Å². The number of amides is 1. The zero-order chi connectivity index (χ0) is 24.2. The van der Waals surface area contributed by atoms with Crippen molar-refractivity contribution in [2.75, 3.05) is 32.6 Å². The predicted molar refractivity (Wildman–Crippen MR) is 130 cm³/mol. The van der Waals surface area contributed by atoms with E-state index in [-0.39, 0.29) is 11.3 Å². The Morgan fingerprint density at radius 3 is 2.53 bits per heavy atom. The molecule has 0 saturated carbocycles. The molecule has 34 heavy (non-hydrogen) atoms. The molecular formula is C26H28N4O4. The number of hydrogen-bond acceptors (Lipinski definition) is 6. The van der Waals surface area contributed by atoms with Gasteiger partial charge in [0.25, 0.3) is 11.7 Å². The third kappa shape index (κ3) is 4.52. The number of imidazole rings is 1. The number of carbonyl (C=O) groups is 2. The molecular weight excluding hydrogens is 432 g/mol. The number of ketones is 1. The largest absolute Gasteiger partial charge is 0.507 e. The summed E-state index contributed by atoms with van der Waals surface area (Å²) in [5, 5.41) is 11.2. The van der Waals surface area contributed by atoms with Gasteiger partial charge in [-0.25, -0.2) is 4.98 Å². The van der Waals surface area contributed by atoms with Gasteiger partial charge in [0.1, 0.15) is 11.5 Å². The predicted octanol–water partition coefficient (Wildman–Crippen LogP) is 3.47. The van der Waals surface area contributed by atoms with Crippen LogP contribution in [0.4, 0.5) is 5.69 Å². The van der Waals surface area contributed by atoms with Crippen LogP contribution >= 0.6 is 0 Å². The fourth-order valence-corrected chi connectivity index (χ4v) is 4.18. The van der Waals surface area contributed by atoms with Crippen LogP contribution in [-0.4, -0.2) is 59.0 Å². The molecule has 1 fully saturated rings. The number of aliphatic hydroxyl groups excluding tert-OH is 1. The maximum Gasteiger partial charge on any atom is 0.295 e. The van der Waals surface area contributed by atoms with Crippen molar-refractivity contribution in [1.29, 1.82) is 0 Å². The summed E-state index contributed by atoms with van der Waals surface area (Å²) in [7, 11) is 5.42. The second-order valence-electron chi connectivity index (χ2n) is 8.36.